The van der Waals surface area contributed by atoms with Gasteiger partial charge in [-0.15, -0.1) is 0 Å². The maximum atomic E-state index is 13.2. The molecular formula is C29H32F2N6O3. The van der Waals surface area contributed by atoms with E-state index in [0.717, 1.165) is 40.1 Å². The smallest absolute Gasteiger partial charge is 0.318 e. The summed E-state index contributed by atoms with van der Waals surface area (Å²) < 4.78 is 32.4. The predicted molar refractivity (Wildman–Crippen MR) is 148 cm³/mol. The number of aromatic nitrogens is 2. The summed E-state index contributed by atoms with van der Waals surface area (Å²) in [6, 6.07) is 11.7. The SMILES string of the molecule is C=CC(=O)N1CCN(c2nc(OCCN3CC(F)(F)C3)nc3c2CCN(c2cc(O)cc4ccccc24)C3)CC1. The van der Waals surface area contributed by atoms with E-state index in [9.17, 15) is 18.7 Å². The number of alkyl halides is 2. The van der Waals surface area contributed by atoms with Crippen LogP contribution in [0.3, 0.4) is 0 Å². The van der Waals surface area contributed by atoms with Gasteiger partial charge in [-0.05, 0) is 23.9 Å². The lowest BCUT2D eigenvalue weighted by Gasteiger charge is -2.38. The molecule has 210 valence electrons. The van der Waals surface area contributed by atoms with Crippen molar-refractivity contribution in [3.8, 4) is 11.8 Å². The average molecular weight is 551 g/mol. The van der Waals surface area contributed by atoms with Gasteiger partial charge in [-0.2, -0.15) is 9.97 Å². The van der Waals surface area contributed by atoms with Gasteiger partial charge in [-0.3, -0.25) is 9.69 Å². The number of amides is 1. The maximum absolute atomic E-state index is 13.2. The number of hydrogen-bond acceptors (Lipinski definition) is 8. The zero-order valence-corrected chi connectivity index (χ0v) is 22.2. The van der Waals surface area contributed by atoms with Crippen LogP contribution in [0.1, 0.15) is 11.3 Å². The number of halogens is 2. The first kappa shape index (κ1) is 26.2. The third kappa shape index (κ3) is 5.25. The van der Waals surface area contributed by atoms with E-state index in [1.54, 1.807) is 21.9 Å². The quantitative estimate of drug-likeness (QED) is 0.450. The zero-order valence-electron chi connectivity index (χ0n) is 22.2. The summed E-state index contributed by atoms with van der Waals surface area (Å²) in [6.45, 7) is 7.23. The van der Waals surface area contributed by atoms with Crippen LogP contribution in [-0.2, 0) is 17.8 Å². The maximum Gasteiger partial charge on any atom is 0.318 e. The minimum Gasteiger partial charge on any atom is -0.508 e. The molecule has 0 bridgehead atoms. The number of piperazine rings is 1. The van der Waals surface area contributed by atoms with Gasteiger partial charge < -0.3 is 24.5 Å². The highest BCUT2D eigenvalue weighted by Gasteiger charge is 2.43. The van der Waals surface area contributed by atoms with E-state index >= 15 is 0 Å². The van der Waals surface area contributed by atoms with E-state index in [1.807, 2.05) is 24.3 Å². The number of ether oxygens (including phenoxy) is 1. The lowest BCUT2D eigenvalue weighted by Crippen LogP contribution is -2.57. The Balaban J connectivity index is 1.27. The fourth-order valence-electron chi connectivity index (χ4n) is 5.76. The van der Waals surface area contributed by atoms with Gasteiger partial charge in [-0.25, -0.2) is 8.78 Å². The van der Waals surface area contributed by atoms with Gasteiger partial charge in [0.05, 0.1) is 25.3 Å². The second-order valence-corrected chi connectivity index (χ2v) is 10.5. The van der Waals surface area contributed by atoms with E-state index < -0.39 is 5.92 Å². The van der Waals surface area contributed by atoms with Crippen molar-refractivity contribution in [3.05, 3.63) is 60.3 Å². The number of carbonyl (C=O) groups is 1. The molecule has 0 unspecified atom stereocenters. The van der Waals surface area contributed by atoms with Crippen molar-refractivity contribution in [2.24, 2.45) is 0 Å². The second-order valence-electron chi connectivity index (χ2n) is 10.5. The van der Waals surface area contributed by atoms with Crippen molar-refractivity contribution in [1.29, 1.82) is 0 Å². The molecule has 6 rings (SSSR count). The van der Waals surface area contributed by atoms with Crippen LogP contribution in [0.4, 0.5) is 20.3 Å². The summed E-state index contributed by atoms with van der Waals surface area (Å²) >= 11 is 0. The Morgan fingerprint density at radius 1 is 1.07 bits per heavy atom. The van der Waals surface area contributed by atoms with E-state index in [2.05, 4.69) is 16.4 Å². The lowest BCUT2D eigenvalue weighted by molar-refractivity contribution is -0.132. The van der Waals surface area contributed by atoms with Gasteiger partial charge in [0.25, 0.3) is 5.92 Å². The lowest BCUT2D eigenvalue weighted by atomic mass is 10.0. The molecule has 2 fully saturated rings. The molecule has 40 heavy (non-hydrogen) atoms. The Bertz CT molecular complexity index is 1430. The Kier molecular flexibility index (Phi) is 6.91. The Morgan fingerprint density at radius 2 is 1.85 bits per heavy atom. The van der Waals surface area contributed by atoms with Crippen LogP contribution in [0.5, 0.6) is 11.8 Å². The summed E-state index contributed by atoms with van der Waals surface area (Å²) in [6.07, 6.45) is 2.03. The number of hydrogen-bond donors (Lipinski definition) is 1. The molecule has 3 aliphatic heterocycles. The molecule has 0 aliphatic carbocycles. The summed E-state index contributed by atoms with van der Waals surface area (Å²) in [4.78, 5) is 29.4. The number of rotatable bonds is 7. The largest absolute Gasteiger partial charge is 0.508 e. The van der Waals surface area contributed by atoms with Crippen LogP contribution < -0.4 is 14.5 Å². The number of anilines is 2. The second kappa shape index (κ2) is 10.5. The highest BCUT2D eigenvalue weighted by Crippen LogP contribution is 2.36. The van der Waals surface area contributed by atoms with Crippen LogP contribution in [-0.4, -0.2) is 95.7 Å². The molecule has 0 atom stereocenters. The topological polar surface area (TPSA) is 85.3 Å². The molecule has 1 N–H and O–H groups in total. The number of phenolic OH excluding ortho intramolecular Hbond substituents is 1. The highest BCUT2D eigenvalue weighted by atomic mass is 19.3. The molecule has 0 radical (unpaired) electrons. The molecule has 1 aromatic heterocycles. The summed E-state index contributed by atoms with van der Waals surface area (Å²) in [7, 11) is 0. The molecule has 0 spiro atoms. The number of aromatic hydroxyl groups is 1. The van der Waals surface area contributed by atoms with E-state index in [4.69, 9.17) is 14.7 Å². The highest BCUT2D eigenvalue weighted by molar-refractivity contribution is 5.95. The first-order chi connectivity index (χ1) is 19.3. The van der Waals surface area contributed by atoms with Crippen molar-refractivity contribution >= 4 is 28.2 Å². The molecular weight excluding hydrogens is 518 g/mol. The third-order valence-electron chi connectivity index (χ3n) is 7.80. The van der Waals surface area contributed by atoms with Crippen molar-refractivity contribution in [1.82, 2.24) is 19.8 Å². The molecule has 9 nitrogen and oxygen atoms in total. The summed E-state index contributed by atoms with van der Waals surface area (Å²) in [5.74, 6) is -1.71. The monoisotopic (exact) mass is 550 g/mol. The van der Waals surface area contributed by atoms with Gasteiger partial charge in [0.2, 0.25) is 5.91 Å². The number of fused-ring (bicyclic) bond motifs is 2. The van der Waals surface area contributed by atoms with Crippen LogP contribution >= 0.6 is 0 Å². The zero-order chi connectivity index (χ0) is 27.9. The van der Waals surface area contributed by atoms with E-state index in [1.165, 1.54) is 6.08 Å². The van der Waals surface area contributed by atoms with Crippen LogP contribution in [0, 0.1) is 0 Å². The molecule has 2 saturated heterocycles. The molecule has 3 aromatic rings. The van der Waals surface area contributed by atoms with Crippen molar-refractivity contribution in [2.75, 3.05) is 68.8 Å². The van der Waals surface area contributed by atoms with Crippen LogP contribution in [0.2, 0.25) is 0 Å². The van der Waals surface area contributed by atoms with E-state index in [-0.39, 0.29) is 37.4 Å². The van der Waals surface area contributed by atoms with Gasteiger partial charge >= 0.3 is 6.01 Å². The summed E-state index contributed by atoms with van der Waals surface area (Å²) in [5, 5.41) is 12.4. The van der Waals surface area contributed by atoms with E-state index in [0.29, 0.717) is 45.7 Å². The van der Waals surface area contributed by atoms with Crippen molar-refractivity contribution in [2.45, 2.75) is 18.9 Å². The summed E-state index contributed by atoms with van der Waals surface area (Å²) in [5.41, 5.74) is 2.80. The standard InChI is InChI=1S/C29H32F2N6O3/c1-2-26(39)35-9-11-36(12-10-35)27-23-7-8-37(25-16-21(38)15-20-5-3-4-6-22(20)25)17-24(23)32-28(33-27)40-14-13-34-18-29(30,31)19-34/h2-6,15-16,38H,1,7-14,17-19H2. The minimum absolute atomic E-state index is 0.0843. The third-order valence-corrected chi connectivity index (χ3v) is 7.80. The minimum atomic E-state index is -2.62. The molecule has 11 heteroatoms. The molecule has 3 aliphatic rings. The van der Waals surface area contributed by atoms with Gasteiger partial charge in [0.1, 0.15) is 18.2 Å². The van der Waals surface area contributed by atoms with Crippen molar-refractivity contribution < 1.29 is 23.4 Å². The number of benzene rings is 2. The average Bonchev–Trinajstić information content (AvgIpc) is 2.94. The molecule has 0 saturated carbocycles. The fourth-order valence-corrected chi connectivity index (χ4v) is 5.76. The van der Waals surface area contributed by atoms with Gasteiger partial charge in [0.15, 0.2) is 0 Å². The molecule has 1 amide bonds. The first-order valence-corrected chi connectivity index (χ1v) is 13.6. The number of likely N-dealkylation sites (tertiary alicyclic amines) is 1. The normalized spacial score (nSPS) is 18.8. The Hall–Kier alpha value is -3.99. The van der Waals surface area contributed by atoms with Gasteiger partial charge in [-0.1, -0.05) is 30.8 Å². The van der Waals surface area contributed by atoms with Crippen molar-refractivity contribution in [3.63, 3.8) is 0 Å². The molecule has 2 aromatic carbocycles. The molecule has 4 heterocycles. The fraction of sp³-hybridized carbons (Fsp3) is 0.414. The number of carbonyl (C=O) groups excluding carboxylic acids is 1. The number of phenols is 1. The first-order valence-electron chi connectivity index (χ1n) is 13.6. The predicted octanol–water partition coefficient (Wildman–Crippen LogP) is 3.06. The Morgan fingerprint density at radius 3 is 2.60 bits per heavy atom. The van der Waals surface area contributed by atoms with Crippen LogP contribution in [0.15, 0.2) is 49.1 Å². The van der Waals surface area contributed by atoms with Gasteiger partial charge in [0, 0.05) is 62.0 Å². The number of nitrogens with zero attached hydrogens (tertiary/aromatic N) is 6. The van der Waals surface area contributed by atoms with Crippen LogP contribution in [0.25, 0.3) is 10.8 Å². The Labute approximate surface area is 231 Å².